The first-order chi connectivity index (χ1) is 9.84. The van der Waals surface area contributed by atoms with Crippen molar-refractivity contribution in [2.45, 2.75) is 92.2 Å². The van der Waals surface area contributed by atoms with Crippen molar-refractivity contribution in [3.8, 4) is 0 Å². The molecule has 0 aliphatic carbocycles. The van der Waals surface area contributed by atoms with E-state index in [0.717, 1.165) is 12.0 Å². The molecule has 2 nitrogen and oxygen atoms in total. The SMILES string of the molecule is CCCCCCCN1CC(C(C)(C)C)NCC1CC(C)C. The van der Waals surface area contributed by atoms with Crippen LogP contribution in [0.5, 0.6) is 0 Å². The second-order valence-electron chi connectivity index (χ2n) is 8.52. The molecule has 1 aliphatic rings. The monoisotopic (exact) mass is 296 g/mol. The van der Waals surface area contributed by atoms with Crippen molar-refractivity contribution >= 4 is 0 Å². The van der Waals surface area contributed by atoms with Gasteiger partial charge in [-0.3, -0.25) is 4.90 Å². The Balaban J connectivity index is 2.48. The molecular weight excluding hydrogens is 256 g/mol. The number of piperazine rings is 1. The van der Waals surface area contributed by atoms with Crippen LogP contribution in [0.4, 0.5) is 0 Å². The molecule has 1 heterocycles. The van der Waals surface area contributed by atoms with Gasteiger partial charge >= 0.3 is 0 Å². The molecule has 0 spiro atoms. The maximum absolute atomic E-state index is 3.81. The van der Waals surface area contributed by atoms with Gasteiger partial charge in [-0.1, -0.05) is 67.2 Å². The highest BCUT2D eigenvalue weighted by molar-refractivity contribution is 4.92. The van der Waals surface area contributed by atoms with Crippen LogP contribution >= 0.6 is 0 Å². The maximum atomic E-state index is 3.81. The molecule has 1 saturated heterocycles. The van der Waals surface area contributed by atoms with E-state index in [4.69, 9.17) is 0 Å². The first-order valence-corrected chi connectivity index (χ1v) is 9.32. The number of nitrogens with one attached hydrogen (secondary N) is 1. The summed E-state index contributed by atoms with van der Waals surface area (Å²) < 4.78 is 0. The van der Waals surface area contributed by atoms with E-state index in [1.165, 1.54) is 58.2 Å². The average Bonchev–Trinajstić information content (AvgIpc) is 2.38. The highest BCUT2D eigenvalue weighted by atomic mass is 15.2. The first-order valence-electron chi connectivity index (χ1n) is 9.32. The van der Waals surface area contributed by atoms with Crippen LogP contribution in [0, 0.1) is 11.3 Å². The van der Waals surface area contributed by atoms with Gasteiger partial charge in [-0.2, -0.15) is 0 Å². The van der Waals surface area contributed by atoms with Gasteiger partial charge in [-0.25, -0.2) is 0 Å². The molecule has 126 valence electrons. The lowest BCUT2D eigenvalue weighted by Crippen LogP contribution is -2.60. The Bertz CT molecular complexity index is 267. The molecule has 0 aromatic rings. The molecule has 0 aromatic heterocycles. The van der Waals surface area contributed by atoms with Gasteiger partial charge in [0.2, 0.25) is 0 Å². The van der Waals surface area contributed by atoms with E-state index in [2.05, 4.69) is 51.8 Å². The molecule has 0 radical (unpaired) electrons. The van der Waals surface area contributed by atoms with E-state index in [1.807, 2.05) is 0 Å². The van der Waals surface area contributed by atoms with Crippen LogP contribution in [0.25, 0.3) is 0 Å². The second kappa shape index (κ2) is 9.15. The highest BCUT2D eigenvalue weighted by Gasteiger charge is 2.33. The van der Waals surface area contributed by atoms with Crippen molar-refractivity contribution in [1.29, 1.82) is 0 Å². The van der Waals surface area contributed by atoms with E-state index in [9.17, 15) is 0 Å². The Hall–Kier alpha value is -0.0800. The fourth-order valence-electron chi connectivity index (χ4n) is 3.40. The van der Waals surface area contributed by atoms with Gasteiger partial charge in [-0.15, -0.1) is 0 Å². The minimum absolute atomic E-state index is 0.364. The summed E-state index contributed by atoms with van der Waals surface area (Å²) in [5.41, 5.74) is 0.364. The molecule has 1 N–H and O–H groups in total. The van der Waals surface area contributed by atoms with E-state index >= 15 is 0 Å². The minimum atomic E-state index is 0.364. The number of nitrogens with zero attached hydrogens (tertiary/aromatic N) is 1. The largest absolute Gasteiger partial charge is 0.311 e. The molecule has 2 unspecified atom stereocenters. The first kappa shape index (κ1) is 19.0. The summed E-state index contributed by atoms with van der Waals surface area (Å²) >= 11 is 0. The molecule has 0 amide bonds. The van der Waals surface area contributed by atoms with E-state index in [-0.39, 0.29) is 0 Å². The molecule has 2 heteroatoms. The summed E-state index contributed by atoms with van der Waals surface area (Å²) in [6, 6.07) is 1.38. The molecule has 0 saturated carbocycles. The molecule has 0 aromatic carbocycles. The summed E-state index contributed by atoms with van der Waals surface area (Å²) in [5, 5.41) is 3.81. The van der Waals surface area contributed by atoms with Gasteiger partial charge in [-0.05, 0) is 30.7 Å². The van der Waals surface area contributed by atoms with Crippen LogP contribution in [0.3, 0.4) is 0 Å². The Kier molecular flexibility index (Phi) is 8.26. The number of unbranched alkanes of at least 4 members (excludes halogenated alkanes) is 4. The third kappa shape index (κ3) is 7.15. The van der Waals surface area contributed by atoms with Crippen molar-refractivity contribution in [1.82, 2.24) is 10.2 Å². The average molecular weight is 297 g/mol. The van der Waals surface area contributed by atoms with Crippen molar-refractivity contribution in [3.63, 3.8) is 0 Å². The maximum Gasteiger partial charge on any atom is 0.0244 e. The predicted octanol–water partition coefficient (Wildman–Crippen LogP) is 4.69. The normalized spacial score (nSPS) is 24.7. The number of hydrogen-bond donors (Lipinski definition) is 1. The summed E-state index contributed by atoms with van der Waals surface area (Å²) in [5.74, 6) is 0.797. The lowest BCUT2D eigenvalue weighted by Gasteiger charge is -2.45. The third-order valence-corrected chi connectivity index (χ3v) is 4.87. The zero-order valence-electron chi connectivity index (χ0n) is 15.5. The van der Waals surface area contributed by atoms with Gasteiger partial charge in [0, 0.05) is 25.2 Å². The fourth-order valence-corrected chi connectivity index (χ4v) is 3.40. The Labute approximate surface area is 134 Å². The lowest BCUT2D eigenvalue weighted by atomic mass is 9.84. The summed E-state index contributed by atoms with van der Waals surface area (Å²) in [7, 11) is 0. The zero-order valence-corrected chi connectivity index (χ0v) is 15.5. The van der Waals surface area contributed by atoms with Gasteiger partial charge < -0.3 is 5.32 Å². The van der Waals surface area contributed by atoms with Gasteiger partial charge in [0.15, 0.2) is 0 Å². The van der Waals surface area contributed by atoms with E-state index < -0.39 is 0 Å². The molecular formula is C19H40N2. The quantitative estimate of drug-likeness (QED) is 0.654. The molecule has 1 rings (SSSR count). The van der Waals surface area contributed by atoms with Crippen molar-refractivity contribution in [2.75, 3.05) is 19.6 Å². The van der Waals surface area contributed by atoms with Gasteiger partial charge in [0.05, 0.1) is 0 Å². The van der Waals surface area contributed by atoms with Crippen molar-refractivity contribution < 1.29 is 0 Å². The Morgan fingerprint density at radius 2 is 1.76 bits per heavy atom. The van der Waals surface area contributed by atoms with Crippen LogP contribution in [-0.4, -0.2) is 36.6 Å². The second-order valence-corrected chi connectivity index (χ2v) is 8.52. The standard InChI is InChI=1S/C19H40N2/c1-7-8-9-10-11-12-21-15-18(19(4,5)6)20-14-17(21)13-16(2)3/h16-18,20H,7-15H2,1-6H3. The summed E-state index contributed by atoms with van der Waals surface area (Å²) in [6.07, 6.45) is 8.29. The van der Waals surface area contributed by atoms with Gasteiger partial charge in [0.25, 0.3) is 0 Å². The Morgan fingerprint density at radius 3 is 2.33 bits per heavy atom. The number of hydrogen-bond acceptors (Lipinski definition) is 2. The third-order valence-electron chi connectivity index (χ3n) is 4.87. The predicted molar refractivity (Wildman–Crippen MR) is 94.8 cm³/mol. The number of rotatable bonds is 8. The van der Waals surface area contributed by atoms with Crippen LogP contribution in [-0.2, 0) is 0 Å². The van der Waals surface area contributed by atoms with Crippen molar-refractivity contribution in [2.24, 2.45) is 11.3 Å². The molecule has 2 atom stereocenters. The summed E-state index contributed by atoms with van der Waals surface area (Å²) in [6.45, 7) is 17.8. The lowest BCUT2D eigenvalue weighted by molar-refractivity contribution is 0.0736. The summed E-state index contributed by atoms with van der Waals surface area (Å²) in [4.78, 5) is 2.79. The van der Waals surface area contributed by atoms with Crippen LogP contribution in [0.15, 0.2) is 0 Å². The highest BCUT2D eigenvalue weighted by Crippen LogP contribution is 2.25. The smallest absolute Gasteiger partial charge is 0.0244 e. The fraction of sp³-hybridized carbons (Fsp3) is 1.00. The Morgan fingerprint density at radius 1 is 1.10 bits per heavy atom. The van der Waals surface area contributed by atoms with E-state index in [0.29, 0.717) is 11.5 Å². The van der Waals surface area contributed by atoms with Crippen LogP contribution < -0.4 is 5.32 Å². The van der Waals surface area contributed by atoms with Crippen LogP contribution in [0.2, 0.25) is 0 Å². The zero-order chi connectivity index (χ0) is 15.9. The van der Waals surface area contributed by atoms with Gasteiger partial charge in [0.1, 0.15) is 0 Å². The van der Waals surface area contributed by atoms with E-state index in [1.54, 1.807) is 0 Å². The minimum Gasteiger partial charge on any atom is -0.311 e. The molecule has 1 aliphatic heterocycles. The molecule has 0 bridgehead atoms. The molecule has 21 heavy (non-hydrogen) atoms. The van der Waals surface area contributed by atoms with Crippen LogP contribution in [0.1, 0.15) is 80.1 Å². The van der Waals surface area contributed by atoms with Crippen molar-refractivity contribution in [3.05, 3.63) is 0 Å². The molecule has 1 fully saturated rings. The topological polar surface area (TPSA) is 15.3 Å².